The zero-order chi connectivity index (χ0) is 18.4. The summed E-state index contributed by atoms with van der Waals surface area (Å²) in [5, 5.41) is 12.8. The Kier molecular flexibility index (Phi) is 5.93. The number of para-hydroxylation sites is 1. The molecule has 0 spiro atoms. The van der Waals surface area contributed by atoms with E-state index in [0.717, 1.165) is 0 Å². The average molecular weight is 340 g/mol. The molecule has 2 aromatic carbocycles. The van der Waals surface area contributed by atoms with Crippen LogP contribution in [-0.4, -0.2) is 40.5 Å². The zero-order valence-corrected chi connectivity index (χ0v) is 14.8. The highest BCUT2D eigenvalue weighted by atomic mass is 16.3. The van der Waals surface area contributed by atoms with Crippen molar-refractivity contribution in [1.29, 1.82) is 0 Å². The minimum Gasteiger partial charge on any atom is -0.389 e. The first kappa shape index (κ1) is 18.7. The third-order valence-corrected chi connectivity index (χ3v) is 3.69. The number of benzene rings is 2. The minimum atomic E-state index is -0.992. The van der Waals surface area contributed by atoms with Crippen LogP contribution in [0.5, 0.6) is 0 Å². The lowest BCUT2D eigenvalue weighted by Crippen LogP contribution is -2.42. The Morgan fingerprint density at radius 2 is 1.64 bits per heavy atom. The molecule has 0 unspecified atom stereocenters. The van der Waals surface area contributed by atoms with Crippen LogP contribution in [0, 0.1) is 0 Å². The predicted molar refractivity (Wildman–Crippen MR) is 98.7 cm³/mol. The summed E-state index contributed by atoms with van der Waals surface area (Å²) >= 11 is 0. The van der Waals surface area contributed by atoms with Crippen molar-refractivity contribution >= 4 is 17.5 Å². The lowest BCUT2D eigenvalue weighted by Gasteiger charge is -2.28. The van der Waals surface area contributed by atoms with Gasteiger partial charge in [0.05, 0.1) is 16.9 Å². The van der Waals surface area contributed by atoms with E-state index in [4.69, 9.17) is 0 Å². The normalized spacial score (nSPS) is 11.0. The van der Waals surface area contributed by atoms with Gasteiger partial charge in [0.2, 0.25) is 0 Å². The summed E-state index contributed by atoms with van der Waals surface area (Å²) in [6.45, 7) is 5.85. The Balaban J connectivity index is 2.25. The second-order valence-corrected chi connectivity index (χ2v) is 6.50. The highest BCUT2D eigenvalue weighted by Crippen LogP contribution is 2.19. The standard InChI is InChI=1S/C20H24N2O3/c1-4-22(14-20(2,3)25)19(24)16-12-8-9-13-17(16)21-18(23)15-10-6-5-7-11-15/h5-13,25H,4,14H2,1-3H3,(H,21,23). The summed E-state index contributed by atoms with van der Waals surface area (Å²) in [5.74, 6) is -0.500. The molecule has 0 saturated carbocycles. The highest BCUT2D eigenvalue weighted by Gasteiger charge is 2.24. The summed E-state index contributed by atoms with van der Waals surface area (Å²) < 4.78 is 0. The van der Waals surface area contributed by atoms with Crippen LogP contribution in [0.2, 0.25) is 0 Å². The van der Waals surface area contributed by atoms with Gasteiger partial charge in [-0.05, 0) is 45.0 Å². The van der Waals surface area contributed by atoms with Crippen LogP contribution >= 0.6 is 0 Å². The Bertz CT molecular complexity index is 736. The summed E-state index contributed by atoms with van der Waals surface area (Å²) in [6, 6.07) is 15.7. The number of anilines is 1. The molecule has 5 heteroatoms. The van der Waals surface area contributed by atoms with E-state index in [-0.39, 0.29) is 18.4 Å². The fourth-order valence-electron chi connectivity index (χ4n) is 2.53. The Morgan fingerprint density at radius 1 is 1.04 bits per heavy atom. The predicted octanol–water partition coefficient (Wildman–Crippen LogP) is 3.17. The number of likely N-dealkylation sites (N-methyl/N-ethyl adjacent to an activating group) is 1. The number of hydrogen-bond donors (Lipinski definition) is 2. The van der Waals surface area contributed by atoms with E-state index >= 15 is 0 Å². The largest absolute Gasteiger partial charge is 0.389 e. The van der Waals surface area contributed by atoms with E-state index in [1.807, 2.05) is 13.0 Å². The molecule has 25 heavy (non-hydrogen) atoms. The number of nitrogens with one attached hydrogen (secondary N) is 1. The second kappa shape index (κ2) is 7.94. The van der Waals surface area contributed by atoms with Gasteiger partial charge in [-0.1, -0.05) is 30.3 Å². The highest BCUT2D eigenvalue weighted by molar-refractivity contribution is 6.09. The van der Waals surface area contributed by atoms with Crippen molar-refractivity contribution in [3.63, 3.8) is 0 Å². The lowest BCUT2D eigenvalue weighted by molar-refractivity contribution is 0.0315. The molecule has 0 aliphatic rings. The molecule has 2 aromatic rings. The number of carbonyl (C=O) groups is 2. The first-order chi connectivity index (χ1) is 11.8. The third-order valence-electron chi connectivity index (χ3n) is 3.69. The van der Waals surface area contributed by atoms with Gasteiger partial charge in [-0.2, -0.15) is 0 Å². The fourth-order valence-corrected chi connectivity index (χ4v) is 2.53. The van der Waals surface area contributed by atoms with Crippen molar-refractivity contribution < 1.29 is 14.7 Å². The van der Waals surface area contributed by atoms with E-state index < -0.39 is 5.60 Å². The first-order valence-electron chi connectivity index (χ1n) is 8.29. The molecule has 0 heterocycles. The summed E-state index contributed by atoms with van der Waals surface area (Å²) in [7, 11) is 0. The molecule has 0 saturated heterocycles. The van der Waals surface area contributed by atoms with Gasteiger partial charge in [0, 0.05) is 18.7 Å². The molecular formula is C20H24N2O3. The number of amides is 2. The van der Waals surface area contributed by atoms with Crippen molar-refractivity contribution in [2.45, 2.75) is 26.4 Å². The number of nitrogens with zero attached hydrogens (tertiary/aromatic N) is 1. The van der Waals surface area contributed by atoms with Crippen LogP contribution in [-0.2, 0) is 0 Å². The maximum absolute atomic E-state index is 12.9. The maximum atomic E-state index is 12.9. The molecule has 2 N–H and O–H groups in total. The van der Waals surface area contributed by atoms with Gasteiger partial charge in [0.1, 0.15) is 0 Å². The quantitative estimate of drug-likeness (QED) is 0.848. The molecule has 0 atom stereocenters. The molecule has 132 valence electrons. The van der Waals surface area contributed by atoms with Crippen LogP contribution in [0.25, 0.3) is 0 Å². The topological polar surface area (TPSA) is 69.6 Å². The number of aliphatic hydroxyl groups is 1. The fraction of sp³-hybridized carbons (Fsp3) is 0.300. The van der Waals surface area contributed by atoms with Crippen molar-refractivity contribution in [3.8, 4) is 0 Å². The van der Waals surface area contributed by atoms with Gasteiger partial charge in [-0.3, -0.25) is 9.59 Å². The SMILES string of the molecule is CCN(CC(C)(C)O)C(=O)c1ccccc1NC(=O)c1ccccc1. The second-order valence-electron chi connectivity index (χ2n) is 6.50. The smallest absolute Gasteiger partial charge is 0.256 e. The Labute approximate surface area is 148 Å². The van der Waals surface area contributed by atoms with Gasteiger partial charge < -0.3 is 15.3 Å². The van der Waals surface area contributed by atoms with Gasteiger partial charge in [0.25, 0.3) is 11.8 Å². The number of rotatable bonds is 6. The molecular weight excluding hydrogens is 316 g/mol. The van der Waals surface area contributed by atoms with Crippen molar-refractivity contribution in [2.24, 2.45) is 0 Å². The Hall–Kier alpha value is -2.66. The van der Waals surface area contributed by atoms with Crippen LogP contribution in [0.15, 0.2) is 54.6 Å². The van der Waals surface area contributed by atoms with Crippen LogP contribution in [0.3, 0.4) is 0 Å². The number of carbonyl (C=O) groups excluding carboxylic acids is 2. The molecule has 0 aliphatic heterocycles. The first-order valence-corrected chi connectivity index (χ1v) is 8.29. The van der Waals surface area contributed by atoms with E-state index in [1.54, 1.807) is 67.3 Å². The van der Waals surface area contributed by atoms with E-state index in [1.165, 1.54) is 0 Å². The lowest BCUT2D eigenvalue weighted by atomic mass is 10.1. The summed E-state index contributed by atoms with van der Waals surface area (Å²) in [6.07, 6.45) is 0. The van der Waals surface area contributed by atoms with Gasteiger partial charge in [0.15, 0.2) is 0 Å². The summed E-state index contributed by atoms with van der Waals surface area (Å²) in [4.78, 5) is 26.8. The van der Waals surface area contributed by atoms with Crippen LogP contribution in [0.1, 0.15) is 41.5 Å². The zero-order valence-electron chi connectivity index (χ0n) is 14.8. The van der Waals surface area contributed by atoms with E-state index in [2.05, 4.69) is 5.32 Å². The van der Waals surface area contributed by atoms with Gasteiger partial charge in [-0.15, -0.1) is 0 Å². The van der Waals surface area contributed by atoms with Crippen molar-refractivity contribution in [3.05, 3.63) is 65.7 Å². The summed E-state index contributed by atoms with van der Waals surface area (Å²) in [5.41, 5.74) is 0.385. The molecule has 2 amide bonds. The average Bonchev–Trinajstić information content (AvgIpc) is 2.59. The third kappa shape index (κ3) is 5.16. The van der Waals surface area contributed by atoms with E-state index in [9.17, 15) is 14.7 Å². The number of hydrogen-bond acceptors (Lipinski definition) is 3. The Morgan fingerprint density at radius 3 is 2.24 bits per heavy atom. The molecule has 0 bridgehead atoms. The monoisotopic (exact) mass is 340 g/mol. The van der Waals surface area contributed by atoms with Crippen LogP contribution in [0.4, 0.5) is 5.69 Å². The van der Waals surface area contributed by atoms with Crippen molar-refractivity contribution in [1.82, 2.24) is 4.90 Å². The van der Waals surface area contributed by atoms with Crippen LogP contribution < -0.4 is 5.32 Å². The van der Waals surface area contributed by atoms with E-state index in [0.29, 0.717) is 23.4 Å². The molecule has 5 nitrogen and oxygen atoms in total. The maximum Gasteiger partial charge on any atom is 0.256 e. The van der Waals surface area contributed by atoms with Gasteiger partial charge in [-0.25, -0.2) is 0 Å². The van der Waals surface area contributed by atoms with Crippen molar-refractivity contribution in [2.75, 3.05) is 18.4 Å². The molecule has 0 fully saturated rings. The van der Waals surface area contributed by atoms with Gasteiger partial charge >= 0.3 is 0 Å². The molecule has 0 radical (unpaired) electrons. The minimum absolute atomic E-state index is 0.212. The molecule has 2 rings (SSSR count). The molecule has 0 aromatic heterocycles. The molecule has 0 aliphatic carbocycles.